The Balaban J connectivity index is 2.44. The summed E-state index contributed by atoms with van der Waals surface area (Å²) in [6.45, 7) is 15.9. The first-order valence-electron chi connectivity index (χ1n) is 8.79. The summed E-state index contributed by atoms with van der Waals surface area (Å²) in [7, 11) is -1.77. The van der Waals surface area contributed by atoms with Gasteiger partial charge in [0, 0.05) is 6.07 Å². The van der Waals surface area contributed by atoms with Crippen LogP contribution in [0.2, 0.25) is 18.1 Å². The Morgan fingerprint density at radius 1 is 1.22 bits per heavy atom. The maximum atomic E-state index is 11.8. The molecule has 150 valence electrons. The van der Waals surface area contributed by atoms with Crippen LogP contribution in [0.5, 0.6) is 5.75 Å². The highest BCUT2D eigenvalue weighted by atomic mass is 28.4. The van der Waals surface area contributed by atoms with E-state index >= 15 is 0 Å². The number of ketones is 1. The molecule has 0 aliphatic rings. The Hall–Kier alpha value is -2.03. The molecule has 0 aliphatic heterocycles. The summed E-state index contributed by atoms with van der Waals surface area (Å²) in [5.74, 6) is -0.155. The second-order valence-electron chi connectivity index (χ2n) is 7.57. The maximum Gasteiger partial charge on any atom is 0.280 e. The van der Waals surface area contributed by atoms with Gasteiger partial charge in [-0.1, -0.05) is 27.4 Å². The molecule has 0 amide bonds. The minimum Gasteiger partial charge on any atom is -0.491 e. The molecule has 0 bridgehead atoms. The number of ether oxygens (including phenoxy) is 2. The molecule has 0 spiro atoms. The average molecular weight is 396 g/mol. The van der Waals surface area contributed by atoms with E-state index in [0.717, 1.165) is 6.08 Å². The van der Waals surface area contributed by atoms with Crippen molar-refractivity contribution in [3.8, 4) is 5.75 Å². The van der Waals surface area contributed by atoms with Crippen LogP contribution in [0.25, 0.3) is 0 Å². The molecular formula is C19H29NO6Si. The zero-order chi connectivity index (χ0) is 20.7. The van der Waals surface area contributed by atoms with Crippen LogP contribution >= 0.6 is 0 Å². The molecule has 1 aromatic rings. The smallest absolute Gasteiger partial charge is 0.280 e. The van der Waals surface area contributed by atoms with Gasteiger partial charge in [-0.25, -0.2) is 0 Å². The number of nitro benzene ring substituents is 1. The van der Waals surface area contributed by atoms with E-state index in [-0.39, 0.29) is 22.9 Å². The van der Waals surface area contributed by atoms with Gasteiger partial charge in [0.2, 0.25) is 0 Å². The minimum absolute atomic E-state index is 0.0452. The standard InChI is InChI=1S/C19H29NO6Si/c1-7-18(21)16-14-15(8-9-17(16)20(22)23)25-12-10-24-11-13-26-27(5,6)19(2,3)4/h7-9,14H,1,10-13H2,2-6H3. The quantitative estimate of drug-likeness (QED) is 0.138. The van der Waals surface area contributed by atoms with Gasteiger partial charge in [0.15, 0.2) is 14.1 Å². The number of allylic oxidation sites excluding steroid dienone is 1. The zero-order valence-electron chi connectivity index (χ0n) is 16.7. The van der Waals surface area contributed by atoms with E-state index in [1.54, 1.807) is 0 Å². The molecule has 0 saturated carbocycles. The van der Waals surface area contributed by atoms with Gasteiger partial charge in [-0.3, -0.25) is 14.9 Å². The van der Waals surface area contributed by atoms with Crippen molar-refractivity contribution in [2.45, 2.75) is 38.9 Å². The highest BCUT2D eigenvalue weighted by molar-refractivity contribution is 6.74. The first kappa shape index (κ1) is 23.0. The van der Waals surface area contributed by atoms with Gasteiger partial charge in [0.1, 0.15) is 17.9 Å². The van der Waals surface area contributed by atoms with Gasteiger partial charge in [-0.2, -0.15) is 0 Å². The van der Waals surface area contributed by atoms with Crippen LogP contribution < -0.4 is 4.74 Å². The number of carbonyl (C=O) groups is 1. The van der Waals surface area contributed by atoms with Crippen molar-refractivity contribution >= 4 is 19.8 Å². The monoisotopic (exact) mass is 395 g/mol. The predicted molar refractivity (Wildman–Crippen MR) is 107 cm³/mol. The second kappa shape index (κ2) is 9.77. The molecule has 1 rings (SSSR count). The third-order valence-electron chi connectivity index (χ3n) is 4.61. The van der Waals surface area contributed by atoms with Crippen molar-refractivity contribution < 1.29 is 23.6 Å². The summed E-state index contributed by atoms with van der Waals surface area (Å²) in [5, 5.41) is 11.2. The highest BCUT2D eigenvalue weighted by Crippen LogP contribution is 2.36. The van der Waals surface area contributed by atoms with Crippen LogP contribution in [-0.4, -0.2) is 45.5 Å². The third kappa shape index (κ3) is 6.89. The third-order valence-corrected chi connectivity index (χ3v) is 9.15. The lowest BCUT2D eigenvalue weighted by Crippen LogP contribution is -2.41. The van der Waals surface area contributed by atoms with E-state index in [9.17, 15) is 14.9 Å². The topological polar surface area (TPSA) is 87.9 Å². The van der Waals surface area contributed by atoms with E-state index < -0.39 is 19.0 Å². The van der Waals surface area contributed by atoms with Gasteiger partial charge >= 0.3 is 0 Å². The second-order valence-corrected chi connectivity index (χ2v) is 12.4. The summed E-state index contributed by atoms with van der Waals surface area (Å²) in [6, 6.07) is 4.06. The van der Waals surface area contributed by atoms with Crippen LogP contribution in [0, 0.1) is 10.1 Å². The number of rotatable bonds is 11. The predicted octanol–water partition coefficient (Wildman–Crippen LogP) is 4.38. The number of carbonyl (C=O) groups excluding carboxylic acids is 1. The van der Waals surface area contributed by atoms with Gasteiger partial charge in [0.05, 0.1) is 24.7 Å². The molecule has 0 aliphatic carbocycles. The molecule has 27 heavy (non-hydrogen) atoms. The first-order valence-corrected chi connectivity index (χ1v) is 11.7. The molecule has 7 nitrogen and oxygen atoms in total. The van der Waals surface area contributed by atoms with Gasteiger partial charge in [-0.05, 0) is 36.3 Å². The molecule has 0 atom stereocenters. The van der Waals surface area contributed by atoms with E-state index in [2.05, 4.69) is 40.4 Å². The van der Waals surface area contributed by atoms with Crippen LogP contribution in [0.4, 0.5) is 5.69 Å². The Kier molecular flexibility index (Phi) is 8.33. The van der Waals surface area contributed by atoms with E-state index in [4.69, 9.17) is 13.9 Å². The molecule has 0 saturated heterocycles. The lowest BCUT2D eigenvalue weighted by molar-refractivity contribution is -0.385. The van der Waals surface area contributed by atoms with Crippen LogP contribution in [0.3, 0.4) is 0 Å². The summed E-state index contributed by atoms with van der Waals surface area (Å²) in [6.07, 6.45) is 1.04. The molecule has 0 fully saturated rings. The van der Waals surface area contributed by atoms with Gasteiger partial charge in [0.25, 0.3) is 5.69 Å². The van der Waals surface area contributed by atoms with Gasteiger partial charge < -0.3 is 13.9 Å². The Labute approximate surface area is 161 Å². The fraction of sp³-hybridized carbons (Fsp3) is 0.526. The SMILES string of the molecule is C=CC(=O)c1cc(OCCOCCO[Si](C)(C)C(C)(C)C)ccc1[N+](=O)[O-]. The molecule has 0 radical (unpaired) electrons. The van der Waals surface area contributed by atoms with Crippen molar-refractivity contribution in [3.63, 3.8) is 0 Å². The van der Waals surface area contributed by atoms with E-state index in [1.165, 1.54) is 18.2 Å². The van der Waals surface area contributed by atoms with Crippen molar-refractivity contribution in [2.75, 3.05) is 26.4 Å². The fourth-order valence-electron chi connectivity index (χ4n) is 1.96. The molecule has 0 aromatic heterocycles. The molecule has 8 heteroatoms. The van der Waals surface area contributed by atoms with Crippen molar-refractivity contribution in [1.29, 1.82) is 0 Å². The maximum absolute atomic E-state index is 11.8. The fourth-order valence-corrected chi connectivity index (χ4v) is 2.99. The first-order chi connectivity index (χ1) is 12.5. The van der Waals surface area contributed by atoms with Crippen LogP contribution in [0.1, 0.15) is 31.1 Å². The van der Waals surface area contributed by atoms with E-state index in [1.807, 2.05) is 0 Å². The minimum atomic E-state index is -1.77. The lowest BCUT2D eigenvalue weighted by Gasteiger charge is -2.36. The van der Waals surface area contributed by atoms with Crippen molar-refractivity contribution in [3.05, 3.63) is 46.5 Å². The zero-order valence-corrected chi connectivity index (χ0v) is 17.7. The van der Waals surface area contributed by atoms with Gasteiger partial charge in [-0.15, -0.1) is 0 Å². The Morgan fingerprint density at radius 3 is 2.41 bits per heavy atom. The molecule has 0 N–H and O–H groups in total. The highest BCUT2D eigenvalue weighted by Gasteiger charge is 2.36. The number of nitro groups is 1. The number of hydrogen-bond acceptors (Lipinski definition) is 6. The summed E-state index contributed by atoms with van der Waals surface area (Å²) in [5.41, 5.74) is -0.317. The molecule has 1 aromatic carbocycles. The normalized spacial score (nSPS) is 11.9. The summed E-state index contributed by atoms with van der Waals surface area (Å²) >= 11 is 0. The Bertz CT molecular complexity index is 681. The summed E-state index contributed by atoms with van der Waals surface area (Å²) in [4.78, 5) is 22.2. The Morgan fingerprint density at radius 2 is 1.85 bits per heavy atom. The molecule has 0 unspecified atom stereocenters. The summed E-state index contributed by atoms with van der Waals surface area (Å²) < 4.78 is 17.0. The van der Waals surface area contributed by atoms with Crippen molar-refractivity contribution in [1.82, 2.24) is 0 Å². The average Bonchev–Trinajstić information content (AvgIpc) is 2.58. The van der Waals surface area contributed by atoms with Crippen LogP contribution in [-0.2, 0) is 9.16 Å². The lowest BCUT2D eigenvalue weighted by atomic mass is 10.1. The number of hydrogen-bond donors (Lipinski definition) is 0. The number of benzene rings is 1. The van der Waals surface area contributed by atoms with Crippen LogP contribution in [0.15, 0.2) is 30.9 Å². The number of nitrogens with zero attached hydrogens (tertiary/aromatic N) is 1. The molecule has 0 heterocycles. The largest absolute Gasteiger partial charge is 0.491 e. The van der Waals surface area contributed by atoms with E-state index in [0.29, 0.717) is 25.6 Å². The van der Waals surface area contributed by atoms with Crippen molar-refractivity contribution in [2.24, 2.45) is 0 Å². The molecular weight excluding hydrogens is 366 g/mol.